The van der Waals surface area contributed by atoms with E-state index in [-0.39, 0.29) is 24.0 Å². The van der Waals surface area contributed by atoms with Crippen LogP contribution in [0.25, 0.3) is 5.76 Å². The minimum atomic E-state index is -0.698. The second-order valence-corrected chi connectivity index (χ2v) is 8.51. The maximum Gasteiger partial charge on any atom is 0.295 e. The van der Waals surface area contributed by atoms with Crippen LogP contribution in [-0.4, -0.2) is 32.8 Å². The van der Waals surface area contributed by atoms with E-state index >= 15 is 0 Å². The number of pyridine rings is 1. The van der Waals surface area contributed by atoms with E-state index in [4.69, 9.17) is 4.74 Å². The van der Waals surface area contributed by atoms with Crippen LogP contribution in [0.3, 0.4) is 0 Å². The normalized spacial score (nSPS) is 18.0. The molecule has 3 heterocycles. The number of aliphatic hydroxyl groups excluding tert-OH is 1. The number of hydrogen-bond donors (Lipinski definition) is 1. The molecular weight excluding hydrogens is 412 g/mol. The Hall–Kier alpha value is -3.45. The number of Topliss-reactive ketones (excluding diaryl/α,β-unsaturated/α-hetero) is 1. The van der Waals surface area contributed by atoms with Crippen LogP contribution in [0.4, 0.5) is 0 Å². The van der Waals surface area contributed by atoms with Crippen LogP contribution in [0.15, 0.2) is 71.9 Å². The van der Waals surface area contributed by atoms with Gasteiger partial charge in [0.15, 0.2) is 0 Å². The highest BCUT2D eigenvalue weighted by Gasteiger charge is 2.46. The van der Waals surface area contributed by atoms with Crippen LogP contribution in [0.2, 0.25) is 0 Å². The number of aromatic nitrogens is 1. The van der Waals surface area contributed by atoms with Gasteiger partial charge in [-0.05, 0) is 67.3 Å². The fourth-order valence-electron chi connectivity index (χ4n) is 3.62. The van der Waals surface area contributed by atoms with Gasteiger partial charge in [-0.3, -0.25) is 14.6 Å². The van der Waals surface area contributed by atoms with Crippen molar-refractivity contribution in [3.05, 3.63) is 87.9 Å². The van der Waals surface area contributed by atoms with Crippen molar-refractivity contribution in [2.24, 2.45) is 0 Å². The van der Waals surface area contributed by atoms with Crippen molar-refractivity contribution in [1.29, 1.82) is 0 Å². The molecule has 2 aromatic heterocycles. The molecule has 1 amide bonds. The van der Waals surface area contributed by atoms with Gasteiger partial charge < -0.3 is 14.7 Å². The smallest absolute Gasteiger partial charge is 0.295 e. The number of thiophene rings is 1. The van der Waals surface area contributed by atoms with E-state index in [0.717, 1.165) is 4.88 Å². The van der Waals surface area contributed by atoms with E-state index in [1.807, 2.05) is 31.4 Å². The maximum atomic E-state index is 13.0. The fraction of sp³-hybridized carbons (Fsp3) is 0.208. The topological polar surface area (TPSA) is 79.7 Å². The standard InChI is InChI=1S/C24H22N2O4S/c1-15(2)30-18-7-5-17(6-8-18)22(27)20-21(16-9-11-25-12-10-16)26(24(29)23(20)28)14-19-4-3-13-31-19/h3-13,15,21,27H,14H2,1-2H3/b22-20-. The summed E-state index contributed by atoms with van der Waals surface area (Å²) >= 11 is 1.51. The van der Waals surface area contributed by atoms with Crippen LogP contribution in [0, 0.1) is 0 Å². The number of aliphatic hydroxyl groups is 1. The molecule has 4 rings (SSSR count). The highest BCUT2D eigenvalue weighted by atomic mass is 32.1. The van der Waals surface area contributed by atoms with E-state index in [2.05, 4.69) is 4.98 Å². The Labute approximate surface area is 184 Å². The van der Waals surface area contributed by atoms with Crippen LogP contribution < -0.4 is 4.74 Å². The molecule has 1 N–H and O–H groups in total. The second-order valence-electron chi connectivity index (χ2n) is 7.48. The summed E-state index contributed by atoms with van der Waals surface area (Å²) in [6, 6.07) is 13.5. The molecule has 3 aromatic rings. The molecule has 0 bridgehead atoms. The van der Waals surface area contributed by atoms with Gasteiger partial charge in [0.25, 0.3) is 11.7 Å². The van der Waals surface area contributed by atoms with Crippen molar-refractivity contribution in [3.63, 3.8) is 0 Å². The number of ether oxygens (including phenoxy) is 1. The summed E-state index contributed by atoms with van der Waals surface area (Å²) in [5, 5.41) is 13.0. The Balaban J connectivity index is 1.78. The summed E-state index contributed by atoms with van der Waals surface area (Å²) in [6.45, 7) is 4.14. The second kappa shape index (κ2) is 8.73. The molecule has 31 heavy (non-hydrogen) atoms. The Morgan fingerprint density at radius 3 is 2.45 bits per heavy atom. The predicted molar refractivity (Wildman–Crippen MR) is 119 cm³/mol. The molecule has 0 radical (unpaired) electrons. The monoisotopic (exact) mass is 434 g/mol. The number of nitrogens with zero attached hydrogens (tertiary/aromatic N) is 2. The van der Waals surface area contributed by atoms with Gasteiger partial charge in [-0.1, -0.05) is 6.07 Å². The average Bonchev–Trinajstić information content (AvgIpc) is 3.36. The third kappa shape index (κ3) is 4.22. The summed E-state index contributed by atoms with van der Waals surface area (Å²) in [7, 11) is 0. The molecule has 1 fully saturated rings. The molecule has 1 saturated heterocycles. The first-order valence-electron chi connectivity index (χ1n) is 9.93. The molecule has 1 aliphatic rings. The third-order valence-electron chi connectivity index (χ3n) is 4.97. The fourth-order valence-corrected chi connectivity index (χ4v) is 4.33. The highest BCUT2D eigenvalue weighted by Crippen LogP contribution is 2.40. The first-order chi connectivity index (χ1) is 15.0. The van der Waals surface area contributed by atoms with Gasteiger partial charge >= 0.3 is 0 Å². The Kier molecular flexibility index (Phi) is 5.86. The number of carbonyl (C=O) groups excluding carboxylic acids is 2. The largest absolute Gasteiger partial charge is 0.507 e. The SMILES string of the molecule is CC(C)Oc1ccc(/C(O)=C2/C(=O)C(=O)N(Cc3cccs3)C2c2ccncc2)cc1. The zero-order valence-electron chi connectivity index (χ0n) is 17.2. The summed E-state index contributed by atoms with van der Waals surface area (Å²) in [5.74, 6) is -0.866. The van der Waals surface area contributed by atoms with Crippen molar-refractivity contribution in [1.82, 2.24) is 9.88 Å². The quantitative estimate of drug-likeness (QED) is 0.350. The zero-order chi connectivity index (χ0) is 22.0. The summed E-state index contributed by atoms with van der Waals surface area (Å²) in [4.78, 5) is 32.4. The molecule has 0 spiro atoms. The number of amides is 1. The lowest BCUT2D eigenvalue weighted by Crippen LogP contribution is -2.28. The van der Waals surface area contributed by atoms with E-state index < -0.39 is 17.7 Å². The van der Waals surface area contributed by atoms with Crippen molar-refractivity contribution >= 4 is 28.8 Å². The number of likely N-dealkylation sites (tertiary alicyclic amines) is 1. The molecule has 1 atom stereocenters. The Morgan fingerprint density at radius 1 is 1.13 bits per heavy atom. The van der Waals surface area contributed by atoms with Crippen LogP contribution >= 0.6 is 11.3 Å². The van der Waals surface area contributed by atoms with Gasteiger partial charge in [-0.15, -0.1) is 11.3 Å². The number of benzene rings is 1. The first kappa shape index (κ1) is 20.8. The zero-order valence-corrected chi connectivity index (χ0v) is 18.0. The minimum absolute atomic E-state index is 0.0220. The predicted octanol–water partition coefficient (Wildman–Crippen LogP) is 4.55. The Bertz CT molecular complexity index is 1110. The van der Waals surface area contributed by atoms with Crippen molar-refractivity contribution < 1.29 is 19.4 Å². The van der Waals surface area contributed by atoms with Gasteiger partial charge in [0, 0.05) is 22.8 Å². The number of ketones is 1. The summed E-state index contributed by atoms with van der Waals surface area (Å²) < 4.78 is 5.65. The van der Waals surface area contributed by atoms with E-state index in [0.29, 0.717) is 16.9 Å². The number of carbonyl (C=O) groups is 2. The molecule has 1 aliphatic heterocycles. The maximum absolute atomic E-state index is 13.0. The van der Waals surface area contributed by atoms with E-state index in [1.54, 1.807) is 48.8 Å². The van der Waals surface area contributed by atoms with Gasteiger partial charge in [-0.25, -0.2) is 0 Å². The highest BCUT2D eigenvalue weighted by molar-refractivity contribution is 7.09. The lowest BCUT2D eigenvalue weighted by Gasteiger charge is -2.24. The molecular formula is C24H22N2O4S. The summed E-state index contributed by atoms with van der Waals surface area (Å²) in [5.41, 5.74) is 1.24. The van der Waals surface area contributed by atoms with Crippen LogP contribution in [-0.2, 0) is 16.1 Å². The Morgan fingerprint density at radius 2 is 1.84 bits per heavy atom. The third-order valence-corrected chi connectivity index (χ3v) is 5.83. The van der Waals surface area contributed by atoms with Gasteiger partial charge in [0.2, 0.25) is 0 Å². The van der Waals surface area contributed by atoms with Gasteiger partial charge in [0.1, 0.15) is 11.5 Å². The summed E-state index contributed by atoms with van der Waals surface area (Å²) in [6.07, 6.45) is 3.24. The molecule has 158 valence electrons. The van der Waals surface area contributed by atoms with Gasteiger partial charge in [0.05, 0.1) is 24.3 Å². The minimum Gasteiger partial charge on any atom is -0.507 e. The van der Waals surface area contributed by atoms with Gasteiger partial charge in [-0.2, -0.15) is 0 Å². The lowest BCUT2D eigenvalue weighted by atomic mass is 9.96. The van der Waals surface area contributed by atoms with Crippen LogP contribution in [0.1, 0.15) is 35.9 Å². The molecule has 7 heteroatoms. The van der Waals surface area contributed by atoms with Crippen molar-refractivity contribution in [3.8, 4) is 5.75 Å². The molecule has 1 aromatic carbocycles. The van der Waals surface area contributed by atoms with E-state index in [1.165, 1.54) is 16.2 Å². The molecule has 0 aliphatic carbocycles. The van der Waals surface area contributed by atoms with Crippen molar-refractivity contribution in [2.45, 2.75) is 32.5 Å². The van der Waals surface area contributed by atoms with Crippen molar-refractivity contribution in [2.75, 3.05) is 0 Å². The van der Waals surface area contributed by atoms with Crippen LogP contribution in [0.5, 0.6) is 5.75 Å². The number of hydrogen-bond acceptors (Lipinski definition) is 6. The first-order valence-corrected chi connectivity index (χ1v) is 10.8. The van der Waals surface area contributed by atoms with E-state index in [9.17, 15) is 14.7 Å². The molecule has 1 unspecified atom stereocenters. The molecule has 0 saturated carbocycles. The lowest BCUT2D eigenvalue weighted by molar-refractivity contribution is -0.140. The molecule has 6 nitrogen and oxygen atoms in total. The number of rotatable bonds is 6. The average molecular weight is 435 g/mol.